The third-order valence-electron chi connectivity index (χ3n) is 13.0. The summed E-state index contributed by atoms with van der Waals surface area (Å²) in [6, 6.07) is 22.4. The number of methoxy groups -OCH3 is 1. The molecule has 1 spiro atoms. The second-order valence-corrected chi connectivity index (χ2v) is 18.3. The van der Waals surface area contributed by atoms with E-state index in [1.54, 1.807) is 13.2 Å². The monoisotopic (exact) mass is 765 g/mol. The Labute approximate surface area is 323 Å². The van der Waals surface area contributed by atoms with Gasteiger partial charge in [0.25, 0.3) is 5.91 Å². The molecule has 9 rings (SSSR count). The number of carbonyl (C=O) groups excluding carboxylic acids is 2. The van der Waals surface area contributed by atoms with Gasteiger partial charge in [-0.05, 0) is 85.5 Å². The number of hydrogen-bond donors (Lipinski definition) is 2. The lowest BCUT2D eigenvalue weighted by Gasteiger charge is -2.43. The van der Waals surface area contributed by atoms with E-state index in [0.29, 0.717) is 45.2 Å². The molecule has 3 aliphatic heterocycles. The van der Waals surface area contributed by atoms with Crippen LogP contribution in [0.3, 0.4) is 0 Å². The van der Waals surface area contributed by atoms with Crippen molar-refractivity contribution >= 4 is 32.9 Å². The molecule has 11 nitrogen and oxygen atoms in total. The lowest BCUT2D eigenvalue weighted by Crippen LogP contribution is -2.57. The Morgan fingerprint density at radius 1 is 0.945 bits per heavy atom. The highest BCUT2D eigenvalue weighted by atomic mass is 32.2. The summed E-state index contributed by atoms with van der Waals surface area (Å²) in [5, 5.41) is 1.05. The first kappa shape index (κ1) is 36.4. The first-order chi connectivity index (χ1) is 26.5. The maximum atomic E-state index is 15.8. The van der Waals surface area contributed by atoms with Crippen LogP contribution in [0.25, 0.3) is 22.2 Å². The van der Waals surface area contributed by atoms with Crippen molar-refractivity contribution in [2.75, 3.05) is 40.3 Å². The molecule has 290 valence electrons. The van der Waals surface area contributed by atoms with E-state index in [-0.39, 0.29) is 29.1 Å². The fourth-order valence-corrected chi connectivity index (χ4v) is 10.8. The molecule has 1 aromatic heterocycles. The molecule has 0 radical (unpaired) electrons. The van der Waals surface area contributed by atoms with Gasteiger partial charge in [-0.3, -0.25) is 14.5 Å². The molecule has 2 aliphatic carbocycles. The maximum Gasteiger partial charge on any atom is 0.301 e. The highest BCUT2D eigenvalue weighted by Crippen LogP contribution is 2.56. The van der Waals surface area contributed by atoms with Crippen LogP contribution in [0.2, 0.25) is 0 Å². The molecule has 2 unspecified atom stereocenters. The predicted molar refractivity (Wildman–Crippen MR) is 211 cm³/mol. The van der Waals surface area contributed by atoms with Gasteiger partial charge >= 0.3 is 10.2 Å². The summed E-state index contributed by atoms with van der Waals surface area (Å²) < 4.78 is 43.9. The van der Waals surface area contributed by atoms with Crippen LogP contribution in [-0.4, -0.2) is 86.6 Å². The largest absolute Gasteiger partial charge is 0.497 e. The minimum atomic E-state index is -4.02. The van der Waals surface area contributed by atoms with E-state index >= 15 is 4.79 Å². The molecule has 4 aromatic rings. The van der Waals surface area contributed by atoms with Gasteiger partial charge in [-0.15, -0.1) is 0 Å². The molecule has 12 heteroatoms. The van der Waals surface area contributed by atoms with E-state index in [1.807, 2.05) is 24.3 Å². The second kappa shape index (κ2) is 13.8. The number of amides is 2. The fraction of sp³-hybridized carbons (Fsp3) is 0.488. The molecule has 0 bridgehead atoms. The number of nitrogens with zero attached hydrogens (tertiary/aromatic N) is 3. The fourth-order valence-electron chi connectivity index (χ4n) is 10.4. The number of aromatic nitrogens is 1. The van der Waals surface area contributed by atoms with Gasteiger partial charge in [0, 0.05) is 74.3 Å². The van der Waals surface area contributed by atoms with E-state index in [1.165, 1.54) is 24.6 Å². The highest BCUT2D eigenvalue weighted by Gasteiger charge is 2.59. The Kier molecular flexibility index (Phi) is 9.11. The summed E-state index contributed by atoms with van der Waals surface area (Å²) in [6.07, 6.45) is 7.48. The van der Waals surface area contributed by atoms with Gasteiger partial charge in [0.1, 0.15) is 5.75 Å². The number of likely N-dealkylation sites (tertiary alicyclic amines) is 1. The van der Waals surface area contributed by atoms with Crippen LogP contribution in [0, 0.1) is 5.41 Å². The number of fused-ring (bicyclic) bond motifs is 7. The Hall–Kier alpha value is -4.23. The van der Waals surface area contributed by atoms with Crippen molar-refractivity contribution < 1.29 is 27.5 Å². The van der Waals surface area contributed by atoms with Crippen LogP contribution < -0.4 is 14.2 Å². The number of nitrogens with one attached hydrogen (secondary N) is 2. The van der Waals surface area contributed by atoms with Crippen molar-refractivity contribution in [2.45, 2.75) is 88.5 Å². The molecule has 3 aromatic carbocycles. The van der Waals surface area contributed by atoms with Gasteiger partial charge in [0.2, 0.25) is 5.91 Å². The first-order valence-corrected chi connectivity index (χ1v) is 21.3. The summed E-state index contributed by atoms with van der Waals surface area (Å²) >= 11 is 0. The minimum absolute atomic E-state index is 0.0640. The SMILES string of the molecule is CNS(=O)(=O)NC(=O)c1ccc2c(C3CCCCC3)c3n(c2c1)CC1(C(=O)N2C[C@H](C)OC4(CC4)C2)CN(Cc2ccccc2)CC1c1cc(OC)ccc1-3. The molecule has 3 atom stereocenters. The lowest BCUT2D eigenvalue weighted by molar-refractivity contribution is -0.159. The number of carbonyl (C=O) groups is 2. The molecule has 5 aliphatic rings. The molecule has 4 heterocycles. The zero-order valence-electron chi connectivity index (χ0n) is 32.0. The average Bonchev–Trinajstić information content (AvgIpc) is 3.74. The number of benzene rings is 3. The van der Waals surface area contributed by atoms with E-state index < -0.39 is 21.5 Å². The zero-order valence-corrected chi connectivity index (χ0v) is 32.8. The van der Waals surface area contributed by atoms with Gasteiger partial charge in [0.15, 0.2) is 0 Å². The molecule has 2 saturated carbocycles. The van der Waals surface area contributed by atoms with Crippen LogP contribution in [-0.2, 0) is 32.8 Å². The number of ether oxygens (including phenoxy) is 2. The zero-order chi connectivity index (χ0) is 38.1. The van der Waals surface area contributed by atoms with Crippen LogP contribution in [0.5, 0.6) is 5.75 Å². The van der Waals surface area contributed by atoms with Crippen LogP contribution in [0.4, 0.5) is 0 Å². The molecule has 55 heavy (non-hydrogen) atoms. The molecule has 4 fully saturated rings. The van der Waals surface area contributed by atoms with Crippen LogP contribution in [0.1, 0.15) is 90.8 Å². The van der Waals surface area contributed by atoms with E-state index in [0.717, 1.165) is 72.0 Å². The predicted octanol–water partition coefficient (Wildman–Crippen LogP) is 5.94. The normalized spacial score (nSPS) is 24.9. The third-order valence-corrected chi connectivity index (χ3v) is 14.0. The van der Waals surface area contributed by atoms with Gasteiger partial charge < -0.3 is 18.9 Å². The van der Waals surface area contributed by atoms with Gasteiger partial charge in [-0.1, -0.05) is 55.7 Å². The Bertz CT molecular complexity index is 2260. The summed E-state index contributed by atoms with van der Waals surface area (Å²) in [7, 11) is -1.06. The summed E-state index contributed by atoms with van der Waals surface area (Å²) in [4.78, 5) is 33.9. The molecular formula is C43H51N5O6S. The number of morpholine rings is 1. The minimum Gasteiger partial charge on any atom is -0.497 e. The van der Waals surface area contributed by atoms with Crippen LogP contribution >= 0.6 is 0 Å². The summed E-state index contributed by atoms with van der Waals surface area (Å²) in [5.74, 6) is 0.350. The van der Waals surface area contributed by atoms with E-state index in [4.69, 9.17) is 9.47 Å². The molecule has 2 amide bonds. The van der Waals surface area contributed by atoms with E-state index in [9.17, 15) is 13.2 Å². The number of rotatable bonds is 8. The molecule has 2 N–H and O–H groups in total. The van der Waals surface area contributed by atoms with Crippen molar-refractivity contribution in [3.8, 4) is 17.0 Å². The Morgan fingerprint density at radius 3 is 2.45 bits per heavy atom. The van der Waals surface area contributed by atoms with Crippen LogP contribution in [0.15, 0.2) is 66.7 Å². The summed E-state index contributed by atoms with van der Waals surface area (Å²) in [5.41, 5.74) is 5.73. The van der Waals surface area contributed by atoms with Gasteiger partial charge in [-0.25, -0.2) is 9.44 Å². The number of hydrogen-bond acceptors (Lipinski definition) is 7. The third kappa shape index (κ3) is 6.44. The summed E-state index contributed by atoms with van der Waals surface area (Å²) in [6.45, 7) is 5.58. The highest BCUT2D eigenvalue weighted by molar-refractivity contribution is 7.88. The topological polar surface area (TPSA) is 122 Å². The van der Waals surface area contributed by atoms with Crippen molar-refractivity contribution in [1.82, 2.24) is 23.8 Å². The van der Waals surface area contributed by atoms with Crippen molar-refractivity contribution in [2.24, 2.45) is 5.41 Å². The van der Waals surface area contributed by atoms with Gasteiger partial charge in [-0.2, -0.15) is 8.42 Å². The van der Waals surface area contributed by atoms with Gasteiger partial charge in [0.05, 0.1) is 29.9 Å². The quantitative estimate of drug-likeness (QED) is 0.228. The smallest absolute Gasteiger partial charge is 0.301 e. The maximum absolute atomic E-state index is 15.8. The Morgan fingerprint density at radius 2 is 1.73 bits per heavy atom. The molecular weight excluding hydrogens is 715 g/mol. The Balaban J connectivity index is 1.27. The standard InChI is InChI=1S/C43H51N5O6S/c1-28-22-47(25-42(54-28)18-19-42)41(50)43-26-46(23-29-10-6-4-7-11-29)24-36(43)35-21-32(53-3)15-17-33(35)39-38(30-12-8-5-9-13-30)34-16-14-31(20-37(34)48(39)27-43)40(49)45-55(51,52)44-2/h4,6-7,10-11,14-17,20-21,28,30,36,44H,5,8-9,12-13,18-19,22-27H2,1-3H3,(H,45,49)/t28-,36?,43?/m0/s1. The first-order valence-electron chi connectivity index (χ1n) is 19.9. The van der Waals surface area contributed by atoms with Crippen molar-refractivity contribution in [3.05, 3.63) is 89.0 Å². The molecule has 2 saturated heterocycles. The van der Waals surface area contributed by atoms with Crippen molar-refractivity contribution in [1.29, 1.82) is 0 Å². The second-order valence-electron chi connectivity index (χ2n) is 16.7. The average molecular weight is 766 g/mol. The van der Waals surface area contributed by atoms with E-state index in [2.05, 4.69) is 67.1 Å². The van der Waals surface area contributed by atoms with Crippen molar-refractivity contribution in [3.63, 3.8) is 0 Å². The lowest BCUT2D eigenvalue weighted by atomic mass is 9.72.